The molecule has 4 rings (SSSR count). The smallest absolute Gasteiger partial charge is 0.255 e. The Morgan fingerprint density at radius 3 is 2.72 bits per heavy atom. The molecule has 1 saturated heterocycles. The monoisotopic (exact) mass is 418 g/mol. The van der Waals surface area contributed by atoms with Gasteiger partial charge < -0.3 is 24.3 Å². The van der Waals surface area contributed by atoms with Crippen LogP contribution in [0, 0.1) is 0 Å². The van der Waals surface area contributed by atoms with Crippen molar-refractivity contribution in [2.24, 2.45) is 0 Å². The van der Waals surface area contributed by atoms with E-state index in [2.05, 4.69) is 10.3 Å². The first-order chi connectivity index (χ1) is 14.0. The minimum atomic E-state index is -0.687. The number of hydrogen-bond donors (Lipinski definition) is 1. The summed E-state index contributed by atoms with van der Waals surface area (Å²) in [5, 5.41) is 3.50. The van der Waals surface area contributed by atoms with Crippen LogP contribution in [-0.2, 0) is 31.2 Å². The molecule has 1 aromatic heterocycles. The molecule has 3 heterocycles. The zero-order valence-corrected chi connectivity index (χ0v) is 16.9. The molecule has 2 aliphatic rings. The first kappa shape index (κ1) is 19.9. The second-order valence-electron chi connectivity index (χ2n) is 7.31. The molecular formula is C20H23ClN4O4. The fraction of sp³-hybridized carbons (Fsp3) is 0.450. The number of benzene rings is 1. The number of carbonyl (C=O) groups excluding carboxylic acids is 2. The Morgan fingerprint density at radius 1 is 1.31 bits per heavy atom. The Labute approximate surface area is 173 Å². The summed E-state index contributed by atoms with van der Waals surface area (Å²) < 4.78 is 13.3. The van der Waals surface area contributed by atoms with Crippen molar-refractivity contribution in [2.75, 3.05) is 32.1 Å². The minimum absolute atomic E-state index is 0.0430. The first-order valence-electron chi connectivity index (χ1n) is 9.53. The summed E-state index contributed by atoms with van der Waals surface area (Å²) in [4.78, 5) is 31.3. The van der Waals surface area contributed by atoms with Gasteiger partial charge in [-0.25, -0.2) is 4.98 Å². The third kappa shape index (κ3) is 4.01. The van der Waals surface area contributed by atoms with Crippen molar-refractivity contribution < 1.29 is 19.1 Å². The number of hydrogen-bond acceptors (Lipinski definition) is 5. The molecule has 1 fully saturated rings. The van der Waals surface area contributed by atoms with Gasteiger partial charge in [0.15, 0.2) is 6.10 Å². The lowest BCUT2D eigenvalue weighted by atomic mass is 9.88. The number of anilines is 1. The average molecular weight is 419 g/mol. The molecule has 2 amide bonds. The third-order valence-corrected chi connectivity index (χ3v) is 5.70. The van der Waals surface area contributed by atoms with Crippen LogP contribution in [-0.4, -0.2) is 59.2 Å². The van der Waals surface area contributed by atoms with E-state index in [0.717, 1.165) is 5.82 Å². The molecule has 154 valence electrons. The number of ether oxygens (including phenoxy) is 2. The quantitative estimate of drug-likeness (QED) is 0.821. The van der Waals surface area contributed by atoms with E-state index in [-0.39, 0.29) is 18.4 Å². The fourth-order valence-electron chi connectivity index (χ4n) is 3.96. The van der Waals surface area contributed by atoms with Gasteiger partial charge in [-0.15, -0.1) is 0 Å². The van der Waals surface area contributed by atoms with Gasteiger partial charge in [-0.05, 0) is 24.3 Å². The highest BCUT2D eigenvalue weighted by Crippen LogP contribution is 2.40. The second kappa shape index (κ2) is 8.14. The van der Waals surface area contributed by atoms with Gasteiger partial charge in [0.1, 0.15) is 18.0 Å². The summed E-state index contributed by atoms with van der Waals surface area (Å²) in [5.41, 5.74) is -0.0263. The highest BCUT2D eigenvalue weighted by Gasteiger charge is 2.47. The Bertz CT molecular complexity index is 890. The zero-order chi connectivity index (χ0) is 20.4. The zero-order valence-electron chi connectivity index (χ0n) is 16.1. The van der Waals surface area contributed by atoms with Gasteiger partial charge in [0.25, 0.3) is 5.91 Å². The van der Waals surface area contributed by atoms with Crippen LogP contribution in [0.1, 0.15) is 18.7 Å². The number of nitrogens with one attached hydrogen (secondary N) is 1. The number of rotatable bonds is 4. The van der Waals surface area contributed by atoms with E-state index in [1.165, 1.54) is 7.11 Å². The van der Waals surface area contributed by atoms with Gasteiger partial charge in [-0.2, -0.15) is 0 Å². The molecule has 0 bridgehead atoms. The number of carbonyl (C=O) groups is 2. The molecule has 0 saturated carbocycles. The first-order valence-corrected chi connectivity index (χ1v) is 9.91. The van der Waals surface area contributed by atoms with Crippen LogP contribution in [0.5, 0.6) is 0 Å². The van der Waals surface area contributed by atoms with Gasteiger partial charge in [0.2, 0.25) is 5.91 Å². The van der Waals surface area contributed by atoms with Crippen LogP contribution >= 0.6 is 11.6 Å². The molecule has 8 nitrogen and oxygen atoms in total. The molecular weight excluding hydrogens is 396 g/mol. The van der Waals surface area contributed by atoms with Crippen molar-refractivity contribution in [1.82, 2.24) is 14.5 Å². The largest absolute Gasteiger partial charge is 0.375 e. The van der Waals surface area contributed by atoms with E-state index in [0.29, 0.717) is 43.2 Å². The van der Waals surface area contributed by atoms with Crippen molar-refractivity contribution >= 4 is 29.1 Å². The van der Waals surface area contributed by atoms with Crippen molar-refractivity contribution in [3.8, 4) is 0 Å². The van der Waals surface area contributed by atoms with E-state index in [9.17, 15) is 9.59 Å². The number of piperidine rings is 1. The summed E-state index contributed by atoms with van der Waals surface area (Å²) in [7, 11) is 1.51. The van der Waals surface area contributed by atoms with Crippen molar-refractivity contribution in [3.05, 3.63) is 47.5 Å². The number of amides is 2. The lowest BCUT2D eigenvalue weighted by Gasteiger charge is -2.45. The number of imidazole rings is 1. The number of halogens is 1. The summed E-state index contributed by atoms with van der Waals surface area (Å²) in [6, 6.07) is 6.95. The van der Waals surface area contributed by atoms with E-state index < -0.39 is 11.7 Å². The van der Waals surface area contributed by atoms with E-state index in [1.807, 2.05) is 10.8 Å². The summed E-state index contributed by atoms with van der Waals surface area (Å²) in [5.74, 6) is 0.550. The molecule has 0 radical (unpaired) electrons. The molecule has 9 heteroatoms. The van der Waals surface area contributed by atoms with Crippen LogP contribution < -0.4 is 5.32 Å². The molecule has 0 unspecified atom stereocenters. The van der Waals surface area contributed by atoms with E-state index >= 15 is 0 Å². The Morgan fingerprint density at radius 2 is 2.03 bits per heavy atom. The van der Waals surface area contributed by atoms with Gasteiger partial charge in [-0.1, -0.05) is 11.6 Å². The molecule has 29 heavy (non-hydrogen) atoms. The van der Waals surface area contributed by atoms with Crippen LogP contribution in [0.2, 0.25) is 5.02 Å². The number of methoxy groups -OCH3 is 1. The maximum Gasteiger partial charge on any atom is 0.255 e. The Kier molecular flexibility index (Phi) is 5.58. The molecule has 2 aromatic rings. The predicted molar refractivity (Wildman–Crippen MR) is 107 cm³/mol. The van der Waals surface area contributed by atoms with E-state index in [1.54, 1.807) is 35.4 Å². The maximum absolute atomic E-state index is 12.9. The topological polar surface area (TPSA) is 85.7 Å². The molecule has 0 aliphatic carbocycles. The summed E-state index contributed by atoms with van der Waals surface area (Å²) >= 11 is 5.91. The molecule has 1 spiro atoms. The molecule has 1 atom stereocenters. The minimum Gasteiger partial charge on any atom is -0.375 e. The highest BCUT2D eigenvalue weighted by atomic mass is 35.5. The Balaban J connectivity index is 1.50. The van der Waals surface area contributed by atoms with Gasteiger partial charge in [0.05, 0.1) is 6.54 Å². The average Bonchev–Trinajstić information content (AvgIpc) is 3.20. The standard InChI is InChI=1S/C20H23ClN4O4/c1-28-13-17(26)24-9-6-20(7-10-24)19-22-8-11-25(19)12-16(29-20)18(27)23-15-4-2-14(21)3-5-15/h2-5,8,11,16H,6-7,9-10,12-13H2,1H3,(H,23,27)/t16-/m0/s1. The van der Waals surface area contributed by atoms with Crippen LogP contribution in [0.15, 0.2) is 36.7 Å². The van der Waals surface area contributed by atoms with Crippen molar-refractivity contribution in [3.63, 3.8) is 0 Å². The van der Waals surface area contributed by atoms with Gasteiger partial charge >= 0.3 is 0 Å². The number of likely N-dealkylation sites (tertiary alicyclic amines) is 1. The van der Waals surface area contributed by atoms with Gasteiger partial charge in [0, 0.05) is 56.1 Å². The normalized spacial score (nSPS) is 20.3. The van der Waals surface area contributed by atoms with Crippen LogP contribution in [0.4, 0.5) is 5.69 Å². The fourth-order valence-corrected chi connectivity index (χ4v) is 4.09. The van der Waals surface area contributed by atoms with Gasteiger partial charge in [-0.3, -0.25) is 9.59 Å². The third-order valence-electron chi connectivity index (χ3n) is 5.45. The Hall–Kier alpha value is -2.42. The molecule has 1 N–H and O–H groups in total. The number of aromatic nitrogens is 2. The lowest BCUT2D eigenvalue weighted by Crippen LogP contribution is -2.54. The van der Waals surface area contributed by atoms with Crippen molar-refractivity contribution in [2.45, 2.75) is 31.1 Å². The number of nitrogens with zero attached hydrogens (tertiary/aromatic N) is 3. The lowest BCUT2D eigenvalue weighted by molar-refractivity contribution is -0.173. The van der Waals surface area contributed by atoms with Crippen LogP contribution in [0.3, 0.4) is 0 Å². The second-order valence-corrected chi connectivity index (χ2v) is 7.75. The predicted octanol–water partition coefficient (Wildman–Crippen LogP) is 2.04. The van der Waals surface area contributed by atoms with Crippen LogP contribution in [0.25, 0.3) is 0 Å². The molecule has 1 aromatic carbocycles. The SMILES string of the molecule is COCC(=O)N1CCC2(CC1)O[C@H](C(=O)Nc1ccc(Cl)cc1)Cn1ccnc12. The molecule has 2 aliphatic heterocycles. The summed E-state index contributed by atoms with van der Waals surface area (Å²) in [6.45, 7) is 1.51. The highest BCUT2D eigenvalue weighted by molar-refractivity contribution is 6.30. The summed E-state index contributed by atoms with van der Waals surface area (Å²) in [6.07, 6.45) is 4.08. The maximum atomic E-state index is 12.9. The van der Waals surface area contributed by atoms with E-state index in [4.69, 9.17) is 21.1 Å². The number of fused-ring (bicyclic) bond motifs is 2. The van der Waals surface area contributed by atoms with Crippen molar-refractivity contribution in [1.29, 1.82) is 0 Å².